The first kappa shape index (κ1) is 13.6. The van der Waals surface area contributed by atoms with Gasteiger partial charge >= 0.3 is 0 Å². The Bertz CT molecular complexity index is 745. The molecule has 112 valence electrons. The van der Waals surface area contributed by atoms with E-state index in [9.17, 15) is 4.39 Å². The Hall–Kier alpha value is -2.09. The van der Waals surface area contributed by atoms with Crippen molar-refractivity contribution in [2.75, 3.05) is 0 Å². The second-order valence-corrected chi connectivity index (χ2v) is 6.30. The Morgan fingerprint density at radius 3 is 2.68 bits per heavy atom. The second kappa shape index (κ2) is 4.98. The minimum Gasteiger partial charge on any atom is -0.460 e. The maximum absolute atomic E-state index is 14.7. The SMILES string of the molecule is Cc1ccc(C23CCCCC=C2Oc2cccc(F)c23)cc1. The summed E-state index contributed by atoms with van der Waals surface area (Å²) in [5, 5.41) is 0. The van der Waals surface area contributed by atoms with E-state index in [2.05, 4.69) is 37.3 Å². The summed E-state index contributed by atoms with van der Waals surface area (Å²) in [5.41, 5.74) is 2.61. The molecule has 2 aliphatic rings. The van der Waals surface area contributed by atoms with Crippen molar-refractivity contribution in [2.45, 2.75) is 38.0 Å². The first-order chi connectivity index (χ1) is 10.7. The van der Waals surface area contributed by atoms with Gasteiger partial charge in [-0.1, -0.05) is 42.3 Å². The molecular formula is C20H19FO. The third-order valence-electron chi connectivity index (χ3n) is 4.92. The molecule has 1 aliphatic heterocycles. The molecule has 0 radical (unpaired) electrons. The summed E-state index contributed by atoms with van der Waals surface area (Å²) in [4.78, 5) is 0. The third-order valence-corrected chi connectivity index (χ3v) is 4.92. The Labute approximate surface area is 130 Å². The van der Waals surface area contributed by atoms with Gasteiger partial charge in [-0.15, -0.1) is 0 Å². The number of ether oxygens (including phenoxy) is 1. The first-order valence-electron chi connectivity index (χ1n) is 7.96. The molecule has 0 bridgehead atoms. The van der Waals surface area contributed by atoms with Crippen LogP contribution < -0.4 is 4.74 Å². The molecule has 2 aromatic rings. The molecule has 1 heterocycles. The summed E-state index contributed by atoms with van der Waals surface area (Å²) < 4.78 is 20.8. The lowest BCUT2D eigenvalue weighted by molar-refractivity contribution is 0.380. The van der Waals surface area contributed by atoms with Gasteiger partial charge in [-0.3, -0.25) is 0 Å². The second-order valence-electron chi connectivity index (χ2n) is 6.30. The number of hydrogen-bond acceptors (Lipinski definition) is 1. The predicted molar refractivity (Wildman–Crippen MR) is 85.5 cm³/mol. The maximum Gasteiger partial charge on any atom is 0.134 e. The van der Waals surface area contributed by atoms with E-state index in [1.807, 2.05) is 6.07 Å². The number of allylic oxidation sites excluding steroid dienone is 2. The lowest BCUT2D eigenvalue weighted by Crippen LogP contribution is -2.28. The van der Waals surface area contributed by atoms with Crippen LogP contribution in [0.25, 0.3) is 0 Å². The fourth-order valence-electron chi connectivity index (χ4n) is 3.83. The quantitative estimate of drug-likeness (QED) is 0.696. The molecule has 1 aliphatic carbocycles. The molecule has 0 saturated heterocycles. The molecule has 1 unspecified atom stereocenters. The van der Waals surface area contributed by atoms with E-state index in [0.29, 0.717) is 11.3 Å². The van der Waals surface area contributed by atoms with Crippen LogP contribution in [-0.2, 0) is 5.41 Å². The maximum atomic E-state index is 14.7. The van der Waals surface area contributed by atoms with E-state index >= 15 is 0 Å². The zero-order chi connectivity index (χ0) is 15.2. The zero-order valence-electron chi connectivity index (χ0n) is 12.7. The molecule has 0 aromatic heterocycles. The summed E-state index contributed by atoms with van der Waals surface area (Å²) in [6.45, 7) is 2.07. The number of fused-ring (bicyclic) bond motifs is 3. The fourth-order valence-corrected chi connectivity index (χ4v) is 3.83. The van der Waals surface area contributed by atoms with Gasteiger partial charge < -0.3 is 4.74 Å². The highest BCUT2D eigenvalue weighted by molar-refractivity contribution is 5.59. The fraction of sp³-hybridized carbons (Fsp3) is 0.300. The van der Waals surface area contributed by atoms with Crippen LogP contribution >= 0.6 is 0 Å². The van der Waals surface area contributed by atoms with Crippen molar-refractivity contribution in [1.82, 2.24) is 0 Å². The Morgan fingerprint density at radius 2 is 1.86 bits per heavy atom. The smallest absolute Gasteiger partial charge is 0.134 e. The van der Waals surface area contributed by atoms with Crippen molar-refractivity contribution in [3.8, 4) is 5.75 Å². The molecule has 2 aromatic carbocycles. The van der Waals surface area contributed by atoms with E-state index in [0.717, 1.165) is 37.0 Å². The van der Waals surface area contributed by atoms with Gasteiger partial charge in [-0.2, -0.15) is 0 Å². The number of benzene rings is 2. The van der Waals surface area contributed by atoms with Crippen molar-refractivity contribution < 1.29 is 9.13 Å². The molecular weight excluding hydrogens is 275 g/mol. The van der Waals surface area contributed by atoms with Gasteiger partial charge in [0.1, 0.15) is 17.3 Å². The van der Waals surface area contributed by atoms with Gasteiger partial charge in [0.25, 0.3) is 0 Å². The van der Waals surface area contributed by atoms with Crippen LogP contribution in [-0.4, -0.2) is 0 Å². The number of rotatable bonds is 1. The Kier molecular flexibility index (Phi) is 3.07. The molecule has 0 amide bonds. The minimum atomic E-state index is -0.453. The van der Waals surface area contributed by atoms with Gasteiger partial charge in [0.05, 0.1) is 5.41 Å². The van der Waals surface area contributed by atoms with Gasteiger partial charge in [-0.05, 0) is 50.0 Å². The van der Waals surface area contributed by atoms with Crippen molar-refractivity contribution in [1.29, 1.82) is 0 Å². The van der Waals surface area contributed by atoms with E-state index < -0.39 is 5.41 Å². The number of halogens is 1. The van der Waals surface area contributed by atoms with E-state index in [4.69, 9.17) is 4.74 Å². The predicted octanol–water partition coefficient (Wildman–Crippen LogP) is 5.27. The van der Waals surface area contributed by atoms with Gasteiger partial charge in [0.2, 0.25) is 0 Å². The van der Waals surface area contributed by atoms with Crippen molar-refractivity contribution in [3.63, 3.8) is 0 Å². The lowest BCUT2D eigenvalue weighted by atomic mass is 9.71. The summed E-state index contributed by atoms with van der Waals surface area (Å²) in [5.74, 6) is 1.42. The molecule has 1 atom stereocenters. The average molecular weight is 294 g/mol. The molecule has 0 saturated carbocycles. The van der Waals surface area contributed by atoms with Gasteiger partial charge in [0, 0.05) is 5.56 Å². The average Bonchev–Trinajstić information content (AvgIpc) is 2.70. The molecule has 2 heteroatoms. The van der Waals surface area contributed by atoms with Crippen molar-refractivity contribution in [2.24, 2.45) is 0 Å². The highest BCUT2D eigenvalue weighted by Gasteiger charge is 2.48. The molecule has 4 rings (SSSR count). The zero-order valence-corrected chi connectivity index (χ0v) is 12.7. The molecule has 22 heavy (non-hydrogen) atoms. The van der Waals surface area contributed by atoms with Gasteiger partial charge in [0.15, 0.2) is 0 Å². The summed E-state index contributed by atoms with van der Waals surface area (Å²) >= 11 is 0. The number of aryl methyl sites for hydroxylation is 1. The summed E-state index contributed by atoms with van der Waals surface area (Å²) in [6, 6.07) is 13.6. The van der Waals surface area contributed by atoms with Crippen LogP contribution in [0.1, 0.15) is 42.4 Å². The van der Waals surface area contributed by atoms with Crippen molar-refractivity contribution >= 4 is 0 Å². The van der Waals surface area contributed by atoms with Crippen LogP contribution in [0.3, 0.4) is 0 Å². The van der Waals surface area contributed by atoms with E-state index in [-0.39, 0.29) is 5.82 Å². The van der Waals surface area contributed by atoms with Crippen LogP contribution in [0.15, 0.2) is 54.3 Å². The Morgan fingerprint density at radius 1 is 1.05 bits per heavy atom. The van der Waals surface area contributed by atoms with E-state index in [1.54, 1.807) is 12.1 Å². The van der Waals surface area contributed by atoms with Crippen LogP contribution in [0.5, 0.6) is 5.75 Å². The molecule has 0 fully saturated rings. The molecule has 1 nitrogen and oxygen atoms in total. The molecule has 0 N–H and O–H groups in total. The van der Waals surface area contributed by atoms with Crippen LogP contribution in [0.2, 0.25) is 0 Å². The topological polar surface area (TPSA) is 9.23 Å². The molecule has 0 spiro atoms. The lowest BCUT2D eigenvalue weighted by Gasteiger charge is -2.29. The standard InChI is InChI=1S/C20H19FO/c1-14-9-11-15(12-10-14)20-13-4-2-3-8-18(20)22-17-7-5-6-16(21)19(17)20/h5-12H,2-4,13H2,1H3. The van der Waals surface area contributed by atoms with Crippen LogP contribution in [0.4, 0.5) is 4.39 Å². The van der Waals surface area contributed by atoms with E-state index in [1.165, 1.54) is 5.56 Å². The van der Waals surface area contributed by atoms with Crippen molar-refractivity contribution in [3.05, 3.63) is 76.8 Å². The Balaban J connectivity index is 2.01. The summed E-state index contributed by atoms with van der Waals surface area (Å²) in [7, 11) is 0. The highest BCUT2D eigenvalue weighted by Crippen LogP contribution is 2.54. The largest absolute Gasteiger partial charge is 0.460 e. The van der Waals surface area contributed by atoms with Crippen LogP contribution in [0, 0.1) is 12.7 Å². The third kappa shape index (κ3) is 1.83. The minimum absolute atomic E-state index is 0.164. The summed E-state index contributed by atoms with van der Waals surface area (Å²) in [6.07, 6.45) is 6.26. The number of hydrogen-bond donors (Lipinski definition) is 0. The van der Waals surface area contributed by atoms with Gasteiger partial charge in [-0.25, -0.2) is 4.39 Å². The normalized spacial score (nSPS) is 23.1. The first-order valence-corrected chi connectivity index (χ1v) is 7.96. The monoisotopic (exact) mass is 294 g/mol. The highest BCUT2D eigenvalue weighted by atomic mass is 19.1.